The number of fused-ring (bicyclic) bond motifs is 2. The number of rotatable bonds is 5. The first kappa shape index (κ1) is 22.4. The molecule has 2 amide bonds. The number of carbonyl (C=O) groups excluding carboxylic acids is 2. The molecule has 1 saturated heterocycles. The number of carbonyl (C=O) groups is 2. The van der Waals surface area contributed by atoms with Gasteiger partial charge in [0, 0.05) is 17.3 Å². The van der Waals surface area contributed by atoms with Crippen LogP contribution in [0.25, 0.3) is 0 Å². The van der Waals surface area contributed by atoms with Gasteiger partial charge in [0.2, 0.25) is 11.8 Å². The lowest BCUT2D eigenvalue weighted by atomic mass is 9.79. The normalized spacial score (nSPS) is 23.0. The Morgan fingerprint density at radius 1 is 1.15 bits per heavy atom. The van der Waals surface area contributed by atoms with Crippen molar-refractivity contribution >= 4 is 34.8 Å². The van der Waals surface area contributed by atoms with Gasteiger partial charge in [-0.2, -0.15) is 0 Å². The standard InChI is InChI=1S/C27H26ClN3O3/c1-16-12-21-24(23(28)13-16)30-26(33)27(21)22(15-19(31-27)14-17-6-4-3-5-7-17)25(32)29-18-8-10-20(34-2)11-9-18/h3-13,19,22,31H,14-15H2,1-2H3,(H,29,32)(H,30,33)/t19-,22-,27+/m0/s1. The van der Waals surface area contributed by atoms with E-state index in [1.165, 1.54) is 0 Å². The van der Waals surface area contributed by atoms with Crippen molar-refractivity contribution in [1.29, 1.82) is 0 Å². The van der Waals surface area contributed by atoms with Gasteiger partial charge in [-0.15, -0.1) is 0 Å². The third-order valence-electron chi connectivity index (χ3n) is 6.73. The summed E-state index contributed by atoms with van der Waals surface area (Å²) in [6.45, 7) is 1.94. The van der Waals surface area contributed by atoms with Gasteiger partial charge in [-0.3, -0.25) is 14.9 Å². The molecule has 6 nitrogen and oxygen atoms in total. The monoisotopic (exact) mass is 475 g/mol. The largest absolute Gasteiger partial charge is 0.497 e. The second kappa shape index (κ2) is 8.78. The SMILES string of the molecule is COc1ccc(NC(=O)[C@@H]2C[C@H](Cc3ccccc3)N[C@@]23C(=O)Nc2c(Cl)cc(C)cc23)cc1. The van der Waals surface area contributed by atoms with E-state index >= 15 is 0 Å². The van der Waals surface area contributed by atoms with Gasteiger partial charge in [0.05, 0.1) is 23.7 Å². The number of ether oxygens (including phenoxy) is 1. The van der Waals surface area contributed by atoms with Crippen molar-refractivity contribution in [2.75, 3.05) is 17.7 Å². The van der Waals surface area contributed by atoms with E-state index < -0.39 is 11.5 Å². The van der Waals surface area contributed by atoms with Crippen molar-refractivity contribution in [3.05, 3.63) is 88.4 Å². The van der Waals surface area contributed by atoms with Crippen LogP contribution in [0.15, 0.2) is 66.7 Å². The van der Waals surface area contributed by atoms with Gasteiger partial charge < -0.3 is 15.4 Å². The molecule has 2 heterocycles. The number of methoxy groups -OCH3 is 1. The van der Waals surface area contributed by atoms with Crippen LogP contribution < -0.4 is 20.7 Å². The summed E-state index contributed by atoms with van der Waals surface area (Å²) in [7, 11) is 1.59. The van der Waals surface area contributed by atoms with Crippen LogP contribution in [0.3, 0.4) is 0 Å². The van der Waals surface area contributed by atoms with Crippen molar-refractivity contribution in [2.24, 2.45) is 5.92 Å². The van der Waals surface area contributed by atoms with Crippen LogP contribution in [0.2, 0.25) is 5.02 Å². The maximum Gasteiger partial charge on any atom is 0.250 e. The molecular formula is C27H26ClN3O3. The molecule has 1 fully saturated rings. The summed E-state index contributed by atoms with van der Waals surface area (Å²) in [4.78, 5) is 27.2. The highest BCUT2D eigenvalue weighted by atomic mass is 35.5. The fourth-order valence-electron chi connectivity index (χ4n) is 5.19. The van der Waals surface area contributed by atoms with Gasteiger partial charge in [-0.05, 0) is 61.2 Å². The third-order valence-corrected chi connectivity index (χ3v) is 7.03. The summed E-state index contributed by atoms with van der Waals surface area (Å²) in [5, 5.41) is 9.98. The van der Waals surface area contributed by atoms with E-state index in [4.69, 9.17) is 16.3 Å². The minimum atomic E-state index is -1.19. The van der Waals surface area contributed by atoms with E-state index in [0.29, 0.717) is 35.0 Å². The molecule has 34 heavy (non-hydrogen) atoms. The molecule has 3 aromatic rings. The highest BCUT2D eigenvalue weighted by molar-refractivity contribution is 6.35. The Morgan fingerprint density at radius 3 is 2.59 bits per heavy atom. The first-order chi connectivity index (χ1) is 16.4. The van der Waals surface area contributed by atoms with Crippen LogP contribution in [0, 0.1) is 12.8 Å². The lowest BCUT2D eigenvalue weighted by molar-refractivity contribution is -0.130. The van der Waals surface area contributed by atoms with Crippen LogP contribution in [0.5, 0.6) is 5.75 Å². The third kappa shape index (κ3) is 3.83. The van der Waals surface area contributed by atoms with Gasteiger partial charge in [-0.25, -0.2) is 0 Å². The summed E-state index contributed by atoms with van der Waals surface area (Å²) < 4.78 is 5.21. The molecule has 5 rings (SSSR count). The van der Waals surface area contributed by atoms with Crippen molar-refractivity contribution in [3.63, 3.8) is 0 Å². The van der Waals surface area contributed by atoms with Gasteiger partial charge in [-0.1, -0.05) is 48.0 Å². The van der Waals surface area contributed by atoms with Crippen LogP contribution in [0.4, 0.5) is 11.4 Å². The zero-order chi connectivity index (χ0) is 23.9. The molecule has 0 unspecified atom stereocenters. The first-order valence-electron chi connectivity index (χ1n) is 11.3. The topological polar surface area (TPSA) is 79.5 Å². The first-order valence-corrected chi connectivity index (χ1v) is 11.7. The molecule has 0 radical (unpaired) electrons. The quantitative estimate of drug-likeness (QED) is 0.501. The number of amides is 2. The smallest absolute Gasteiger partial charge is 0.250 e. The van der Waals surface area contributed by atoms with E-state index in [2.05, 4.69) is 28.1 Å². The summed E-state index contributed by atoms with van der Waals surface area (Å²) in [5.74, 6) is -0.383. The molecule has 0 bridgehead atoms. The Balaban J connectivity index is 1.52. The van der Waals surface area contributed by atoms with Crippen molar-refractivity contribution in [3.8, 4) is 5.75 Å². The zero-order valence-electron chi connectivity index (χ0n) is 19.0. The van der Waals surface area contributed by atoms with Gasteiger partial charge in [0.1, 0.15) is 11.3 Å². The summed E-state index contributed by atoms with van der Waals surface area (Å²) in [6.07, 6.45) is 1.21. The number of hydrogen-bond donors (Lipinski definition) is 3. The van der Waals surface area contributed by atoms with Gasteiger partial charge in [0.15, 0.2) is 0 Å². The molecule has 2 aliphatic heterocycles. The average Bonchev–Trinajstić information content (AvgIpc) is 3.34. The predicted octanol–water partition coefficient (Wildman–Crippen LogP) is 4.66. The van der Waals surface area contributed by atoms with E-state index in [0.717, 1.165) is 16.7 Å². The highest BCUT2D eigenvalue weighted by Crippen LogP contribution is 2.50. The Morgan fingerprint density at radius 2 is 1.88 bits per heavy atom. The highest BCUT2D eigenvalue weighted by Gasteiger charge is 2.60. The van der Waals surface area contributed by atoms with Crippen LogP contribution >= 0.6 is 11.6 Å². The Hall–Kier alpha value is -3.35. The number of hydrogen-bond acceptors (Lipinski definition) is 4. The molecule has 3 aromatic carbocycles. The Labute approximate surface area is 203 Å². The van der Waals surface area contributed by atoms with E-state index in [9.17, 15) is 9.59 Å². The molecule has 0 aromatic heterocycles. The minimum Gasteiger partial charge on any atom is -0.497 e. The fourth-order valence-corrected chi connectivity index (χ4v) is 5.51. The molecule has 7 heteroatoms. The van der Waals surface area contributed by atoms with Crippen LogP contribution in [-0.2, 0) is 21.5 Å². The predicted molar refractivity (Wildman–Crippen MR) is 133 cm³/mol. The maximum atomic E-state index is 13.7. The van der Waals surface area contributed by atoms with Crippen LogP contribution in [-0.4, -0.2) is 25.0 Å². The molecule has 3 N–H and O–H groups in total. The van der Waals surface area contributed by atoms with Gasteiger partial charge in [0.25, 0.3) is 0 Å². The summed E-state index contributed by atoms with van der Waals surface area (Å²) in [6, 6.07) is 20.9. The molecule has 0 aliphatic carbocycles. The number of halogens is 1. The molecule has 174 valence electrons. The number of anilines is 2. The number of benzene rings is 3. The molecule has 3 atom stereocenters. The van der Waals surface area contributed by atoms with Crippen molar-refractivity contribution in [1.82, 2.24) is 5.32 Å². The Bertz CT molecular complexity index is 1250. The number of nitrogens with one attached hydrogen (secondary N) is 3. The lowest BCUT2D eigenvalue weighted by Gasteiger charge is -2.29. The molecular weight excluding hydrogens is 450 g/mol. The fraction of sp³-hybridized carbons (Fsp3) is 0.259. The Kier molecular flexibility index (Phi) is 5.80. The van der Waals surface area contributed by atoms with Gasteiger partial charge >= 0.3 is 0 Å². The maximum absolute atomic E-state index is 13.7. The number of aryl methyl sites for hydroxylation is 1. The summed E-state index contributed by atoms with van der Waals surface area (Å²) >= 11 is 6.50. The lowest BCUT2D eigenvalue weighted by Crippen LogP contribution is -2.52. The molecule has 2 aliphatic rings. The summed E-state index contributed by atoms with van der Waals surface area (Å²) in [5.41, 5.74) is 2.84. The van der Waals surface area contributed by atoms with Crippen molar-refractivity contribution in [2.45, 2.75) is 31.3 Å². The van der Waals surface area contributed by atoms with E-state index in [-0.39, 0.29) is 17.9 Å². The van der Waals surface area contributed by atoms with Crippen LogP contribution in [0.1, 0.15) is 23.1 Å². The van der Waals surface area contributed by atoms with Crippen molar-refractivity contribution < 1.29 is 14.3 Å². The second-order valence-corrected chi connectivity index (χ2v) is 9.38. The second-order valence-electron chi connectivity index (χ2n) is 8.97. The average molecular weight is 476 g/mol. The molecule has 1 spiro atoms. The van der Waals surface area contributed by atoms with E-state index in [1.54, 1.807) is 31.4 Å². The molecule has 0 saturated carbocycles. The minimum absolute atomic E-state index is 0.0648. The van der Waals surface area contributed by atoms with E-state index in [1.807, 2.05) is 37.3 Å². The zero-order valence-corrected chi connectivity index (χ0v) is 19.8.